The molecule has 2 aromatic heterocycles. The number of pyridine rings is 1. The smallest absolute Gasteiger partial charge is 0.431 e. The predicted molar refractivity (Wildman–Crippen MR) is 96.1 cm³/mol. The van der Waals surface area contributed by atoms with Crippen LogP contribution >= 0.6 is 23.2 Å². The number of hydrogen-bond donors (Lipinski definition) is 1. The van der Waals surface area contributed by atoms with E-state index in [2.05, 4.69) is 15.0 Å². The molecule has 0 saturated carbocycles. The molecule has 0 aliphatic heterocycles. The minimum atomic E-state index is -4.69. The SMILES string of the molecule is COC(=O)CNc1cc(-c2c(Cl)cc(C(F)(F)F)n3ccnc23)c(F)cc1Cl. The van der Waals surface area contributed by atoms with Gasteiger partial charge in [0, 0.05) is 23.5 Å². The normalized spacial score (nSPS) is 11.7. The number of carbonyl (C=O) groups excluding carboxylic acids is 1. The van der Waals surface area contributed by atoms with Crippen molar-refractivity contribution in [3.05, 3.63) is 52.1 Å². The van der Waals surface area contributed by atoms with Crippen LogP contribution in [0.5, 0.6) is 0 Å². The summed E-state index contributed by atoms with van der Waals surface area (Å²) in [6.45, 7) is -0.249. The Morgan fingerprint density at radius 1 is 1.25 bits per heavy atom. The van der Waals surface area contributed by atoms with Crippen molar-refractivity contribution in [3.63, 3.8) is 0 Å². The molecule has 0 amide bonds. The lowest BCUT2D eigenvalue weighted by molar-refractivity contribution is -0.142. The summed E-state index contributed by atoms with van der Waals surface area (Å²) < 4.78 is 59.7. The number of nitrogens with one attached hydrogen (secondary N) is 1. The molecule has 1 aromatic carbocycles. The Bertz CT molecular complexity index is 1070. The second kappa shape index (κ2) is 7.48. The average molecular weight is 436 g/mol. The van der Waals surface area contributed by atoms with E-state index < -0.39 is 23.7 Å². The monoisotopic (exact) mass is 435 g/mol. The second-order valence-electron chi connectivity index (χ2n) is 5.61. The maximum Gasteiger partial charge on any atom is 0.431 e. The van der Waals surface area contributed by atoms with Gasteiger partial charge in [-0.1, -0.05) is 23.2 Å². The fourth-order valence-electron chi connectivity index (χ4n) is 2.63. The van der Waals surface area contributed by atoms with Gasteiger partial charge in [-0.2, -0.15) is 13.2 Å². The number of fused-ring (bicyclic) bond motifs is 1. The van der Waals surface area contributed by atoms with Gasteiger partial charge < -0.3 is 10.1 Å². The van der Waals surface area contributed by atoms with Gasteiger partial charge in [-0.3, -0.25) is 9.20 Å². The number of methoxy groups -OCH3 is 1. The predicted octanol–water partition coefficient (Wildman–Crippen LogP) is 5.05. The van der Waals surface area contributed by atoms with Crippen LogP contribution in [0.2, 0.25) is 10.0 Å². The van der Waals surface area contributed by atoms with Crippen molar-refractivity contribution in [3.8, 4) is 11.1 Å². The van der Waals surface area contributed by atoms with E-state index in [0.29, 0.717) is 6.07 Å². The molecular formula is C17H11Cl2F4N3O2. The van der Waals surface area contributed by atoms with Crippen molar-refractivity contribution >= 4 is 40.5 Å². The molecule has 0 saturated heterocycles. The van der Waals surface area contributed by atoms with E-state index >= 15 is 0 Å². The summed E-state index contributed by atoms with van der Waals surface area (Å²) in [5.41, 5.74) is -1.24. The highest BCUT2D eigenvalue weighted by Gasteiger charge is 2.35. The van der Waals surface area contributed by atoms with Crippen LogP contribution in [0.25, 0.3) is 16.8 Å². The summed E-state index contributed by atoms with van der Waals surface area (Å²) in [5, 5.41) is 2.30. The molecule has 0 spiro atoms. The molecule has 3 aromatic rings. The summed E-state index contributed by atoms with van der Waals surface area (Å²) in [6, 6.07) is 2.90. The molecule has 0 aliphatic rings. The van der Waals surface area contributed by atoms with Crippen molar-refractivity contribution in [2.45, 2.75) is 6.18 Å². The van der Waals surface area contributed by atoms with Crippen LogP contribution in [-0.4, -0.2) is 29.0 Å². The minimum Gasteiger partial charge on any atom is -0.468 e. The quantitative estimate of drug-likeness (QED) is 0.460. The Balaban J connectivity index is 2.19. The Hall–Kier alpha value is -2.52. The van der Waals surface area contributed by atoms with Crippen LogP contribution in [0.4, 0.5) is 23.2 Å². The van der Waals surface area contributed by atoms with Crippen molar-refractivity contribution in [2.24, 2.45) is 0 Å². The molecule has 5 nitrogen and oxygen atoms in total. The van der Waals surface area contributed by atoms with Gasteiger partial charge in [-0.15, -0.1) is 0 Å². The first kappa shape index (κ1) is 20.2. The van der Waals surface area contributed by atoms with Crippen LogP contribution in [-0.2, 0) is 15.7 Å². The number of esters is 1. The number of hydrogen-bond acceptors (Lipinski definition) is 4. The number of nitrogens with zero attached hydrogens (tertiary/aromatic N) is 2. The van der Waals surface area contributed by atoms with Crippen molar-refractivity contribution < 1.29 is 27.1 Å². The maximum atomic E-state index is 14.6. The van der Waals surface area contributed by atoms with E-state index in [1.165, 1.54) is 13.2 Å². The van der Waals surface area contributed by atoms with E-state index in [4.69, 9.17) is 23.2 Å². The topological polar surface area (TPSA) is 55.6 Å². The Kier molecular flexibility index (Phi) is 5.40. The van der Waals surface area contributed by atoms with Crippen LogP contribution in [0.15, 0.2) is 30.6 Å². The van der Waals surface area contributed by atoms with Gasteiger partial charge in [0.25, 0.3) is 0 Å². The lowest BCUT2D eigenvalue weighted by Gasteiger charge is -2.16. The number of alkyl halides is 3. The third-order valence-electron chi connectivity index (χ3n) is 3.89. The molecule has 0 radical (unpaired) electrons. The summed E-state index contributed by atoms with van der Waals surface area (Å²) in [4.78, 5) is 15.2. The number of aromatic nitrogens is 2. The van der Waals surface area contributed by atoms with Crippen LogP contribution in [0.3, 0.4) is 0 Å². The Morgan fingerprint density at radius 3 is 2.61 bits per heavy atom. The number of rotatable bonds is 4. The molecule has 0 aliphatic carbocycles. The highest BCUT2D eigenvalue weighted by Crippen LogP contribution is 2.40. The fraction of sp³-hybridized carbons (Fsp3) is 0.176. The van der Waals surface area contributed by atoms with E-state index in [0.717, 1.165) is 22.9 Å². The number of imidazole rings is 1. The lowest BCUT2D eigenvalue weighted by Crippen LogP contribution is -2.15. The van der Waals surface area contributed by atoms with Crippen LogP contribution < -0.4 is 5.32 Å². The van der Waals surface area contributed by atoms with Crippen molar-refractivity contribution in [2.75, 3.05) is 19.0 Å². The van der Waals surface area contributed by atoms with E-state index in [1.54, 1.807) is 0 Å². The van der Waals surface area contributed by atoms with E-state index in [1.807, 2.05) is 0 Å². The molecule has 28 heavy (non-hydrogen) atoms. The van der Waals surface area contributed by atoms with Gasteiger partial charge in [-0.25, -0.2) is 9.37 Å². The molecular weight excluding hydrogens is 425 g/mol. The number of ether oxygens (including phenoxy) is 1. The zero-order valence-corrected chi connectivity index (χ0v) is 15.6. The van der Waals surface area contributed by atoms with Crippen molar-refractivity contribution in [1.29, 1.82) is 0 Å². The van der Waals surface area contributed by atoms with Gasteiger partial charge in [0.05, 0.1) is 22.8 Å². The van der Waals surface area contributed by atoms with Gasteiger partial charge in [0.1, 0.15) is 23.7 Å². The first-order chi connectivity index (χ1) is 13.1. The van der Waals surface area contributed by atoms with Gasteiger partial charge >= 0.3 is 12.1 Å². The molecule has 148 valence electrons. The number of carbonyl (C=O) groups is 1. The number of halogens is 6. The third kappa shape index (κ3) is 3.72. The maximum absolute atomic E-state index is 14.6. The summed E-state index contributed by atoms with van der Waals surface area (Å²) in [5.74, 6) is -1.41. The van der Waals surface area contributed by atoms with Crippen molar-refractivity contribution in [1.82, 2.24) is 9.38 Å². The molecule has 0 atom stereocenters. The first-order valence-electron chi connectivity index (χ1n) is 7.66. The Morgan fingerprint density at radius 2 is 1.96 bits per heavy atom. The zero-order chi connectivity index (χ0) is 20.6. The van der Waals surface area contributed by atoms with Gasteiger partial charge in [-0.05, 0) is 18.2 Å². The fourth-order valence-corrected chi connectivity index (χ4v) is 3.14. The van der Waals surface area contributed by atoms with E-state index in [-0.39, 0.29) is 39.1 Å². The molecule has 0 bridgehead atoms. The largest absolute Gasteiger partial charge is 0.468 e. The van der Waals surface area contributed by atoms with Gasteiger partial charge in [0.2, 0.25) is 0 Å². The molecule has 0 unspecified atom stereocenters. The molecule has 0 fully saturated rings. The average Bonchev–Trinajstić information content (AvgIpc) is 3.09. The minimum absolute atomic E-state index is 0.0347. The lowest BCUT2D eigenvalue weighted by atomic mass is 10.0. The summed E-state index contributed by atoms with van der Waals surface area (Å²) in [6.07, 6.45) is -2.44. The highest BCUT2D eigenvalue weighted by molar-refractivity contribution is 6.35. The zero-order valence-electron chi connectivity index (χ0n) is 14.1. The summed E-state index contributed by atoms with van der Waals surface area (Å²) >= 11 is 12.1. The second-order valence-corrected chi connectivity index (χ2v) is 6.43. The first-order valence-corrected chi connectivity index (χ1v) is 8.42. The standard InChI is InChI=1S/C17H11Cl2F4N3O2/c1-28-14(27)7-25-12-4-8(11(20)5-9(12)18)15-10(19)6-13(17(21,22)23)26-3-2-24-16(15)26/h2-6,25H,7H2,1H3. The van der Waals surface area contributed by atoms with E-state index in [9.17, 15) is 22.4 Å². The summed E-state index contributed by atoms with van der Waals surface area (Å²) in [7, 11) is 1.19. The third-order valence-corrected chi connectivity index (χ3v) is 4.50. The molecule has 3 rings (SSSR count). The molecule has 11 heteroatoms. The Labute approximate surface area is 165 Å². The van der Waals surface area contributed by atoms with Crippen LogP contribution in [0, 0.1) is 5.82 Å². The van der Waals surface area contributed by atoms with Crippen LogP contribution in [0.1, 0.15) is 5.69 Å². The molecule has 2 heterocycles. The number of anilines is 1. The number of benzene rings is 1. The van der Waals surface area contributed by atoms with Gasteiger partial charge in [0.15, 0.2) is 0 Å². The highest BCUT2D eigenvalue weighted by atomic mass is 35.5. The molecule has 1 N–H and O–H groups in total.